The molecule has 0 bridgehead atoms. The van der Waals surface area contributed by atoms with Crippen molar-refractivity contribution in [1.82, 2.24) is 20.0 Å². The third-order valence-corrected chi connectivity index (χ3v) is 3.42. The van der Waals surface area contributed by atoms with E-state index in [-0.39, 0.29) is 11.6 Å². The molecule has 0 atom stereocenters. The Morgan fingerprint density at radius 1 is 1.08 bits per heavy atom. The van der Waals surface area contributed by atoms with Crippen molar-refractivity contribution in [2.24, 2.45) is 0 Å². The number of anilines is 1. The molecule has 1 N–H and O–H groups in total. The first-order valence-corrected chi connectivity index (χ1v) is 7.34. The minimum absolute atomic E-state index is 0.209. The van der Waals surface area contributed by atoms with Gasteiger partial charge >= 0.3 is 0 Å². The standard InChI is InChI=1S/C16H13N5O3/c22-16(12-3-5-15(20-19-12)21-7-1-6-17-21)18-11-2-4-13-14(10-11)24-9-8-23-13/h1-7,10H,8-9H2,(H,18,22). The number of nitrogens with zero attached hydrogens (tertiary/aromatic N) is 4. The van der Waals surface area contributed by atoms with Gasteiger partial charge in [0.05, 0.1) is 0 Å². The monoisotopic (exact) mass is 323 g/mol. The van der Waals surface area contributed by atoms with Gasteiger partial charge in [0.1, 0.15) is 13.2 Å². The molecule has 1 aliphatic rings. The first-order chi connectivity index (χ1) is 11.8. The van der Waals surface area contributed by atoms with Gasteiger partial charge in [-0.05, 0) is 30.3 Å². The SMILES string of the molecule is O=C(Nc1ccc2c(c1)OCCO2)c1ccc(-n2cccn2)nn1. The predicted molar refractivity (Wildman–Crippen MR) is 84.5 cm³/mol. The van der Waals surface area contributed by atoms with E-state index in [2.05, 4.69) is 20.6 Å². The van der Waals surface area contributed by atoms with Crippen LogP contribution in [-0.2, 0) is 0 Å². The molecule has 4 rings (SSSR count). The first-order valence-electron chi connectivity index (χ1n) is 7.34. The van der Waals surface area contributed by atoms with Gasteiger partial charge in [0.2, 0.25) is 0 Å². The van der Waals surface area contributed by atoms with Crippen LogP contribution in [0.25, 0.3) is 5.82 Å². The molecular weight excluding hydrogens is 310 g/mol. The molecule has 0 unspecified atom stereocenters. The summed E-state index contributed by atoms with van der Waals surface area (Å²) in [6, 6.07) is 10.3. The number of hydrogen-bond donors (Lipinski definition) is 1. The van der Waals surface area contributed by atoms with E-state index in [1.165, 1.54) is 0 Å². The van der Waals surface area contributed by atoms with Gasteiger partial charge in [0.15, 0.2) is 23.0 Å². The second kappa shape index (κ2) is 5.99. The number of nitrogens with one attached hydrogen (secondary N) is 1. The van der Waals surface area contributed by atoms with E-state index in [1.807, 2.05) is 0 Å². The van der Waals surface area contributed by atoms with Gasteiger partial charge in [0, 0.05) is 24.1 Å². The summed E-state index contributed by atoms with van der Waals surface area (Å²) in [7, 11) is 0. The Labute approximate surface area is 137 Å². The number of aromatic nitrogens is 4. The molecule has 1 aliphatic heterocycles. The summed E-state index contributed by atoms with van der Waals surface area (Å²) in [6.07, 6.45) is 3.39. The van der Waals surface area contributed by atoms with Gasteiger partial charge < -0.3 is 14.8 Å². The molecule has 120 valence electrons. The summed E-state index contributed by atoms with van der Waals surface area (Å²) in [5.41, 5.74) is 0.808. The topological polar surface area (TPSA) is 91.2 Å². The van der Waals surface area contributed by atoms with Crippen molar-refractivity contribution in [1.29, 1.82) is 0 Å². The molecular formula is C16H13N5O3. The van der Waals surface area contributed by atoms with Crippen LogP contribution in [0.2, 0.25) is 0 Å². The van der Waals surface area contributed by atoms with E-state index in [0.717, 1.165) is 0 Å². The molecule has 0 fully saturated rings. The summed E-state index contributed by atoms with van der Waals surface area (Å²) >= 11 is 0. The van der Waals surface area contributed by atoms with Crippen molar-refractivity contribution in [2.45, 2.75) is 0 Å². The average molecular weight is 323 g/mol. The zero-order chi connectivity index (χ0) is 16.4. The maximum atomic E-state index is 12.3. The van der Waals surface area contributed by atoms with Gasteiger partial charge in [-0.25, -0.2) is 4.68 Å². The minimum atomic E-state index is -0.355. The van der Waals surface area contributed by atoms with Crippen LogP contribution in [-0.4, -0.2) is 39.1 Å². The number of ether oxygens (including phenoxy) is 2. The Bertz CT molecular complexity index is 862. The van der Waals surface area contributed by atoms with E-state index in [9.17, 15) is 4.79 Å². The summed E-state index contributed by atoms with van der Waals surface area (Å²) in [5.74, 6) is 1.46. The van der Waals surface area contributed by atoms with E-state index >= 15 is 0 Å². The van der Waals surface area contributed by atoms with E-state index in [1.54, 1.807) is 53.5 Å². The third-order valence-electron chi connectivity index (χ3n) is 3.42. The van der Waals surface area contributed by atoms with Gasteiger partial charge in [-0.1, -0.05) is 0 Å². The summed E-state index contributed by atoms with van der Waals surface area (Å²) in [6.45, 7) is 1.02. The van der Waals surface area contributed by atoms with E-state index in [0.29, 0.717) is 36.2 Å². The van der Waals surface area contributed by atoms with Gasteiger partial charge in [-0.15, -0.1) is 10.2 Å². The quantitative estimate of drug-likeness (QED) is 0.788. The van der Waals surface area contributed by atoms with Crippen LogP contribution in [0, 0.1) is 0 Å². The number of fused-ring (bicyclic) bond motifs is 1. The van der Waals surface area contributed by atoms with Crippen LogP contribution in [0.4, 0.5) is 5.69 Å². The summed E-state index contributed by atoms with van der Waals surface area (Å²) in [5, 5.41) is 14.8. The third kappa shape index (κ3) is 2.76. The highest BCUT2D eigenvalue weighted by atomic mass is 16.6. The number of amides is 1. The van der Waals surface area contributed by atoms with Gasteiger partial charge in [-0.3, -0.25) is 4.79 Å². The fourth-order valence-electron chi connectivity index (χ4n) is 2.29. The molecule has 1 aromatic carbocycles. The highest BCUT2D eigenvalue weighted by Gasteiger charge is 2.14. The Morgan fingerprint density at radius 2 is 1.96 bits per heavy atom. The fourth-order valence-corrected chi connectivity index (χ4v) is 2.29. The molecule has 2 aromatic heterocycles. The molecule has 3 aromatic rings. The number of hydrogen-bond acceptors (Lipinski definition) is 6. The Balaban J connectivity index is 1.50. The van der Waals surface area contributed by atoms with Crippen molar-refractivity contribution >= 4 is 11.6 Å². The second-order valence-electron chi connectivity index (χ2n) is 5.04. The molecule has 0 radical (unpaired) electrons. The van der Waals surface area contributed by atoms with Crippen molar-refractivity contribution < 1.29 is 14.3 Å². The van der Waals surface area contributed by atoms with Crippen molar-refractivity contribution in [3.8, 4) is 17.3 Å². The predicted octanol–water partition coefficient (Wildman–Crippen LogP) is 1.69. The van der Waals surface area contributed by atoms with E-state index in [4.69, 9.17) is 9.47 Å². The van der Waals surface area contributed by atoms with Crippen molar-refractivity contribution in [3.63, 3.8) is 0 Å². The largest absolute Gasteiger partial charge is 0.486 e. The van der Waals surface area contributed by atoms with Crippen molar-refractivity contribution in [2.75, 3.05) is 18.5 Å². The zero-order valence-corrected chi connectivity index (χ0v) is 12.5. The number of carbonyl (C=O) groups is 1. The van der Waals surface area contributed by atoms with Crippen LogP contribution in [0.15, 0.2) is 48.8 Å². The smallest absolute Gasteiger partial charge is 0.276 e. The maximum Gasteiger partial charge on any atom is 0.276 e. The lowest BCUT2D eigenvalue weighted by atomic mass is 10.2. The molecule has 24 heavy (non-hydrogen) atoms. The Kier molecular flexibility index (Phi) is 3.54. The average Bonchev–Trinajstić information content (AvgIpc) is 3.16. The van der Waals surface area contributed by atoms with Crippen LogP contribution in [0.3, 0.4) is 0 Å². The minimum Gasteiger partial charge on any atom is -0.486 e. The van der Waals surface area contributed by atoms with Crippen LogP contribution in [0.5, 0.6) is 11.5 Å². The van der Waals surface area contributed by atoms with Crippen molar-refractivity contribution in [3.05, 3.63) is 54.5 Å². The molecule has 0 saturated carbocycles. The Morgan fingerprint density at radius 3 is 2.71 bits per heavy atom. The van der Waals surface area contributed by atoms with Gasteiger partial charge in [-0.2, -0.15) is 5.10 Å². The summed E-state index contributed by atoms with van der Waals surface area (Å²) in [4.78, 5) is 12.3. The highest BCUT2D eigenvalue weighted by Crippen LogP contribution is 2.32. The Hall–Kier alpha value is -3.42. The van der Waals surface area contributed by atoms with Crippen LogP contribution >= 0.6 is 0 Å². The molecule has 8 heteroatoms. The zero-order valence-electron chi connectivity index (χ0n) is 12.5. The number of rotatable bonds is 3. The lowest BCUT2D eigenvalue weighted by molar-refractivity contribution is 0.102. The molecule has 3 heterocycles. The number of carbonyl (C=O) groups excluding carboxylic acids is 1. The van der Waals surface area contributed by atoms with Crippen LogP contribution < -0.4 is 14.8 Å². The van der Waals surface area contributed by atoms with E-state index < -0.39 is 0 Å². The molecule has 8 nitrogen and oxygen atoms in total. The fraction of sp³-hybridized carbons (Fsp3) is 0.125. The second-order valence-corrected chi connectivity index (χ2v) is 5.04. The number of benzene rings is 1. The molecule has 0 aliphatic carbocycles. The molecule has 0 saturated heterocycles. The van der Waals surface area contributed by atoms with Gasteiger partial charge in [0.25, 0.3) is 5.91 Å². The lowest BCUT2D eigenvalue weighted by Gasteiger charge is -2.18. The summed E-state index contributed by atoms with van der Waals surface area (Å²) < 4.78 is 12.5. The lowest BCUT2D eigenvalue weighted by Crippen LogP contribution is -2.17. The molecule has 1 amide bonds. The molecule has 0 spiro atoms. The normalized spacial score (nSPS) is 12.7. The first kappa shape index (κ1) is 14.2. The van der Waals surface area contributed by atoms with Crippen LogP contribution in [0.1, 0.15) is 10.5 Å². The maximum absolute atomic E-state index is 12.3. The highest BCUT2D eigenvalue weighted by molar-refractivity contribution is 6.02.